The van der Waals surface area contributed by atoms with Crippen LogP contribution < -0.4 is 5.32 Å². The number of benzene rings is 3. The SMILES string of the molecule is O=C(Nc1ccc(CCN2CCOCC2)cc1)c1ccccc1C(=O)c1ccccc1. The van der Waals surface area contributed by atoms with E-state index in [1.807, 2.05) is 42.5 Å². The number of amides is 1. The molecule has 0 aliphatic carbocycles. The third-order valence-corrected chi connectivity index (χ3v) is 5.48. The summed E-state index contributed by atoms with van der Waals surface area (Å²) in [6, 6.07) is 23.8. The number of ether oxygens (including phenoxy) is 1. The van der Waals surface area contributed by atoms with Crippen molar-refractivity contribution in [2.45, 2.75) is 6.42 Å². The number of hydrogen-bond acceptors (Lipinski definition) is 4. The zero-order valence-electron chi connectivity index (χ0n) is 17.4. The van der Waals surface area contributed by atoms with E-state index in [-0.39, 0.29) is 11.7 Å². The Morgan fingerprint density at radius 1 is 0.806 bits per heavy atom. The largest absolute Gasteiger partial charge is 0.379 e. The van der Waals surface area contributed by atoms with Crippen LogP contribution in [0.1, 0.15) is 31.8 Å². The molecule has 0 aromatic heterocycles. The van der Waals surface area contributed by atoms with Crippen molar-refractivity contribution in [1.82, 2.24) is 4.90 Å². The quantitative estimate of drug-likeness (QED) is 0.593. The summed E-state index contributed by atoms with van der Waals surface area (Å²) in [5.41, 5.74) is 3.26. The van der Waals surface area contributed by atoms with E-state index in [0.29, 0.717) is 22.4 Å². The molecular formula is C26H26N2O3. The maximum atomic E-state index is 12.9. The molecule has 1 saturated heterocycles. The highest BCUT2D eigenvalue weighted by molar-refractivity contribution is 6.17. The maximum Gasteiger partial charge on any atom is 0.256 e. The fourth-order valence-electron chi connectivity index (χ4n) is 3.69. The lowest BCUT2D eigenvalue weighted by Crippen LogP contribution is -2.37. The number of morpholine rings is 1. The Bertz CT molecular complexity index is 1030. The second-order valence-electron chi connectivity index (χ2n) is 7.60. The summed E-state index contributed by atoms with van der Waals surface area (Å²) < 4.78 is 5.39. The lowest BCUT2D eigenvalue weighted by Gasteiger charge is -2.26. The van der Waals surface area contributed by atoms with Gasteiger partial charge in [-0.05, 0) is 30.2 Å². The highest BCUT2D eigenvalue weighted by atomic mass is 16.5. The molecular weight excluding hydrogens is 388 g/mol. The molecule has 0 saturated carbocycles. The minimum atomic E-state index is -0.291. The number of nitrogens with one attached hydrogen (secondary N) is 1. The molecule has 1 aliphatic rings. The van der Waals surface area contributed by atoms with Gasteiger partial charge < -0.3 is 10.1 Å². The minimum absolute atomic E-state index is 0.162. The van der Waals surface area contributed by atoms with Crippen LogP contribution in [0.2, 0.25) is 0 Å². The van der Waals surface area contributed by atoms with Crippen LogP contribution in [0.3, 0.4) is 0 Å². The van der Waals surface area contributed by atoms with Crippen LogP contribution in [-0.2, 0) is 11.2 Å². The first kappa shape index (κ1) is 21.0. The van der Waals surface area contributed by atoms with Gasteiger partial charge in [-0.25, -0.2) is 0 Å². The summed E-state index contributed by atoms with van der Waals surface area (Å²) in [5.74, 6) is -0.453. The zero-order valence-corrected chi connectivity index (χ0v) is 17.4. The standard InChI is InChI=1S/C26H26N2O3/c29-25(21-6-2-1-3-7-21)23-8-4-5-9-24(23)26(30)27-22-12-10-20(11-13-22)14-15-28-16-18-31-19-17-28/h1-13H,14-19H2,(H,27,30). The maximum absolute atomic E-state index is 12.9. The fraction of sp³-hybridized carbons (Fsp3) is 0.231. The van der Waals surface area contributed by atoms with Gasteiger partial charge in [0.25, 0.3) is 5.91 Å². The van der Waals surface area contributed by atoms with E-state index in [0.717, 1.165) is 39.3 Å². The molecule has 3 aromatic carbocycles. The average molecular weight is 415 g/mol. The van der Waals surface area contributed by atoms with Gasteiger partial charge in [0.05, 0.1) is 18.8 Å². The fourth-order valence-corrected chi connectivity index (χ4v) is 3.69. The smallest absolute Gasteiger partial charge is 0.256 e. The third-order valence-electron chi connectivity index (χ3n) is 5.48. The summed E-state index contributed by atoms with van der Waals surface area (Å²) in [5, 5.41) is 2.92. The summed E-state index contributed by atoms with van der Waals surface area (Å²) in [6.45, 7) is 4.58. The van der Waals surface area contributed by atoms with Crippen molar-refractivity contribution in [2.75, 3.05) is 38.2 Å². The molecule has 5 heteroatoms. The number of nitrogens with zero attached hydrogens (tertiary/aromatic N) is 1. The number of anilines is 1. The van der Waals surface area contributed by atoms with Crippen LogP contribution >= 0.6 is 0 Å². The predicted octanol–water partition coefficient (Wildman–Crippen LogP) is 4.04. The van der Waals surface area contributed by atoms with Gasteiger partial charge in [-0.15, -0.1) is 0 Å². The molecule has 158 valence electrons. The van der Waals surface area contributed by atoms with Gasteiger partial charge in [0.1, 0.15) is 0 Å². The average Bonchev–Trinajstić information content (AvgIpc) is 2.84. The van der Waals surface area contributed by atoms with Crippen molar-refractivity contribution in [3.05, 3.63) is 101 Å². The molecule has 0 bridgehead atoms. The summed E-state index contributed by atoms with van der Waals surface area (Å²) in [7, 11) is 0. The van der Waals surface area contributed by atoms with Crippen molar-refractivity contribution >= 4 is 17.4 Å². The zero-order chi connectivity index (χ0) is 21.5. The molecule has 0 atom stereocenters. The van der Waals surface area contributed by atoms with E-state index in [1.165, 1.54) is 5.56 Å². The van der Waals surface area contributed by atoms with Gasteiger partial charge in [0.15, 0.2) is 5.78 Å². The van der Waals surface area contributed by atoms with Crippen molar-refractivity contribution < 1.29 is 14.3 Å². The number of rotatable bonds is 7. The highest BCUT2D eigenvalue weighted by Crippen LogP contribution is 2.18. The van der Waals surface area contributed by atoms with Gasteiger partial charge in [-0.1, -0.05) is 60.7 Å². The Balaban J connectivity index is 1.41. The molecule has 1 N–H and O–H groups in total. The Hall–Kier alpha value is -3.28. The monoisotopic (exact) mass is 414 g/mol. The van der Waals surface area contributed by atoms with E-state index in [2.05, 4.69) is 10.2 Å². The van der Waals surface area contributed by atoms with Gasteiger partial charge >= 0.3 is 0 Å². The van der Waals surface area contributed by atoms with Crippen LogP contribution in [0, 0.1) is 0 Å². The van der Waals surface area contributed by atoms with Crippen molar-refractivity contribution in [3.8, 4) is 0 Å². The van der Waals surface area contributed by atoms with Crippen LogP contribution in [0.4, 0.5) is 5.69 Å². The first-order valence-corrected chi connectivity index (χ1v) is 10.6. The molecule has 5 nitrogen and oxygen atoms in total. The van der Waals surface area contributed by atoms with E-state index < -0.39 is 0 Å². The van der Waals surface area contributed by atoms with E-state index >= 15 is 0 Å². The molecule has 1 fully saturated rings. The van der Waals surface area contributed by atoms with Crippen LogP contribution in [0.15, 0.2) is 78.9 Å². The Labute approximate surface area is 182 Å². The predicted molar refractivity (Wildman–Crippen MR) is 122 cm³/mol. The van der Waals surface area contributed by atoms with Gasteiger partial charge in [-0.2, -0.15) is 0 Å². The van der Waals surface area contributed by atoms with Crippen molar-refractivity contribution in [1.29, 1.82) is 0 Å². The molecule has 4 rings (SSSR count). The first-order chi connectivity index (χ1) is 15.2. The molecule has 1 aliphatic heterocycles. The molecule has 0 radical (unpaired) electrons. The number of carbonyl (C=O) groups is 2. The molecule has 0 spiro atoms. The Morgan fingerprint density at radius 3 is 2.16 bits per heavy atom. The second kappa shape index (κ2) is 10.2. The minimum Gasteiger partial charge on any atom is -0.379 e. The van der Waals surface area contributed by atoms with Crippen LogP contribution in [-0.4, -0.2) is 49.4 Å². The van der Waals surface area contributed by atoms with Gasteiger partial charge in [0.2, 0.25) is 0 Å². The van der Waals surface area contributed by atoms with E-state index in [4.69, 9.17) is 4.74 Å². The number of hydrogen-bond donors (Lipinski definition) is 1. The summed E-state index contributed by atoms with van der Waals surface area (Å²) in [6.07, 6.45) is 0.961. The lowest BCUT2D eigenvalue weighted by molar-refractivity contribution is 0.0384. The Morgan fingerprint density at radius 2 is 1.45 bits per heavy atom. The second-order valence-corrected chi connectivity index (χ2v) is 7.60. The summed E-state index contributed by atoms with van der Waals surface area (Å²) in [4.78, 5) is 28.2. The molecule has 3 aromatic rings. The highest BCUT2D eigenvalue weighted by Gasteiger charge is 2.18. The summed E-state index contributed by atoms with van der Waals surface area (Å²) >= 11 is 0. The van der Waals surface area contributed by atoms with Gasteiger partial charge in [-0.3, -0.25) is 14.5 Å². The topological polar surface area (TPSA) is 58.6 Å². The van der Waals surface area contributed by atoms with Crippen LogP contribution in [0.5, 0.6) is 0 Å². The van der Waals surface area contributed by atoms with Crippen molar-refractivity contribution in [2.24, 2.45) is 0 Å². The third kappa shape index (κ3) is 5.45. The first-order valence-electron chi connectivity index (χ1n) is 10.6. The molecule has 31 heavy (non-hydrogen) atoms. The van der Waals surface area contributed by atoms with Gasteiger partial charge in [0, 0.05) is 36.4 Å². The number of carbonyl (C=O) groups excluding carboxylic acids is 2. The lowest BCUT2D eigenvalue weighted by atomic mass is 9.98. The number of ketones is 1. The molecule has 0 unspecified atom stereocenters. The van der Waals surface area contributed by atoms with Crippen molar-refractivity contribution in [3.63, 3.8) is 0 Å². The van der Waals surface area contributed by atoms with Crippen LogP contribution in [0.25, 0.3) is 0 Å². The van der Waals surface area contributed by atoms with E-state index in [1.54, 1.807) is 36.4 Å². The van der Waals surface area contributed by atoms with E-state index in [9.17, 15) is 9.59 Å². The molecule has 1 amide bonds. The normalized spacial score (nSPS) is 14.2. The Kier molecular flexibility index (Phi) is 6.87. The molecule has 1 heterocycles.